The normalized spacial score (nSPS) is 20.6. The third-order valence-corrected chi connectivity index (χ3v) is 3.40. The van der Waals surface area contributed by atoms with Crippen molar-refractivity contribution in [2.24, 2.45) is 0 Å². The van der Waals surface area contributed by atoms with Crippen LogP contribution >= 0.6 is 15.9 Å². The van der Waals surface area contributed by atoms with E-state index in [-0.39, 0.29) is 18.5 Å². The lowest BCUT2D eigenvalue weighted by Crippen LogP contribution is -2.38. The van der Waals surface area contributed by atoms with Gasteiger partial charge in [0.1, 0.15) is 5.82 Å². The minimum Gasteiger partial charge on any atom is -0.395 e. The second-order valence-electron chi connectivity index (χ2n) is 3.46. The van der Waals surface area contributed by atoms with Gasteiger partial charge in [0.05, 0.1) is 11.1 Å². The van der Waals surface area contributed by atoms with E-state index < -0.39 is 0 Å². The Morgan fingerprint density at radius 1 is 1.57 bits per heavy atom. The van der Waals surface area contributed by atoms with Crippen LogP contribution in [0.25, 0.3) is 0 Å². The smallest absolute Gasteiger partial charge is 0.137 e. The van der Waals surface area contributed by atoms with E-state index in [2.05, 4.69) is 21.2 Å². The van der Waals surface area contributed by atoms with Gasteiger partial charge in [-0.2, -0.15) is 0 Å². The van der Waals surface area contributed by atoms with Gasteiger partial charge in [-0.25, -0.2) is 4.39 Å². The Kier molecular flexibility index (Phi) is 2.85. The standard InChI is InChI=1S/C10H11BrFNO/c11-10-8-3-7(5-14)13-4-6(8)1-2-9(10)12/h1-2,7,13-14H,3-5H2/t7-/m1/s1. The molecule has 1 aromatic rings. The molecule has 4 heteroatoms. The number of nitrogens with one attached hydrogen (secondary N) is 1. The lowest BCUT2D eigenvalue weighted by atomic mass is 9.96. The molecule has 0 bridgehead atoms. The fourth-order valence-electron chi connectivity index (χ4n) is 1.72. The molecule has 76 valence electrons. The summed E-state index contributed by atoms with van der Waals surface area (Å²) in [5.74, 6) is -0.234. The van der Waals surface area contributed by atoms with Crippen LogP contribution < -0.4 is 5.32 Å². The van der Waals surface area contributed by atoms with Crippen molar-refractivity contribution in [3.8, 4) is 0 Å². The van der Waals surface area contributed by atoms with Gasteiger partial charge in [-0.05, 0) is 39.5 Å². The van der Waals surface area contributed by atoms with Gasteiger partial charge >= 0.3 is 0 Å². The minimum atomic E-state index is -0.234. The SMILES string of the molecule is OC[C@H]1Cc2c(ccc(F)c2Br)CN1. The van der Waals surface area contributed by atoms with E-state index in [1.165, 1.54) is 6.07 Å². The van der Waals surface area contributed by atoms with Crippen molar-refractivity contribution in [1.82, 2.24) is 5.32 Å². The highest BCUT2D eigenvalue weighted by Gasteiger charge is 2.20. The Bertz CT molecular complexity index is 356. The summed E-state index contributed by atoms with van der Waals surface area (Å²) in [7, 11) is 0. The van der Waals surface area contributed by atoms with E-state index in [0.29, 0.717) is 17.4 Å². The Hall–Kier alpha value is -0.450. The molecule has 2 rings (SSSR count). The second-order valence-corrected chi connectivity index (χ2v) is 4.26. The number of halogens is 2. The average Bonchev–Trinajstić information content (AvgIpc) is 2.23. The predicted octanol–water partition coefficient (Wildman–Crippen LogP) is 1.59. The molecule has 1 heterocycles. The monoisotopic (exact) mass is 259 g/mol. The predicted molar refractivity (Wildman–Crippen MR) is 55.5 cm³/mol. The van der Waals surface area contributed by atoms with Gasteiger partial charge < -0.3 is 10.4 Å². The molecule has 0 aliphatic carbocycles. The molecule has 1 aliphatic heterocycles. The molecule has 2 N–H and O–H groups in total. The van der Waals surface area contributed by atoms with E-state index >= 15 is 0 Å². The Labute approximate surface area is 90.3 Å². The van der Waals surface area contributed by atoms with Crippen LogP contribution in [-0.4, -0.2) is 17.8 Å². The van der Waals surface area contributed by atoms with Gasteiger partial charge in [-0.3, -0.25) is 0 Å². The van der Waals surface area contributed by atoms with Crippen molar-refractivity contribution in [2.75, 3.05) is 6.61 Å². The number of fused-ring (bicyclic) bond motifs is 1. The summed E-state index contributed by atoms with van der Waals surface area (Å²) in [5.41, 5.74) is 2.07. The van der Waals surface area contributed by atoms with Crippen LogP contribution in [0.1, 0.15) is 11.1 Å². The third kappa shape index (κ3) is 1.69. The number of rotatable bonds is 1. The lowest BCUT2D eigenvalue weighted by molar-refractivity contribution is 0.235. The summed E-state index contributed by atoms with van der Waals surface area (Å²) in [6.07, 6.45) is 0.671. The van der Waals surface area contributed by atoms with E-state index in [9.17, 15) is 4.39 Å². The molecule has 1 aromatic carbocycles. The van der Waals surface area contributed by atoms with Crippen molar-refractivity contribution >= 4 is 15.9 Å². The molecule has 0 spiro atoms. The second kappa shape index (κ2) is 3.96. The van der Waals surface area contributed by atoms with Crippen LogP contribution in [0, 0.1) is 5.82 Å². The topological polar surface area (TPSA) is 32.3 Å². The maximum Gasteiger partial charge on any atom is 0.137 e. The van der Waals surface area contributed by atoms with E-state index in [0.717, 1.165) is 11.1 Å². The van der Waals surface area contributed by atoms with Crippen molar-refractivity contribution in [1.29, 1.82) is 0 Å². The Morgan fingerprint density at radius 2 is 2.36 bits per heavy atom. The summed E-state index contributed by atoms with van der Waals surface area (Å²) in [4.78, 5) is 0. The first kappa shape index (κ1) is 10.1. The Balaban J connectivity index is 2.38. The molecule has 0 amide bonds. The molecular weight excluding hydrogens is 249 g/mol. The fourth-order valence-corrected chi connectivity index (χ4v) is 2.27. The molecule has 1 atom stereocenters. The average molecular weight is 260 g/mol. The highest BCUT2D eigenvalue weighted by atomic mass is 79.9. The number of aliphatic hydroxyl groups is 1. The van der Waals surface area contributed by atoms with Crippen LogP contribution in [0.15, 0.2) is 16.6 Å². The first-order valence-corrected chi connectivity index (χ1v) is 5.31. The first-order valence-electron chi connectivity index (χ1n) is 4.52. The molecule has 0 aromatic heterocycles. The van der Waals surface area contributed by atoms with E-state index in [1.807, 2.05) is 0 Å². The Morgan fingerprint density at radius 3 is 3.07 bits per heavy atom. The summed E-state index contributed by atoms with van der Waals surface area (Å²) in [6, 6.07) is 3.29. The molecule has 0 unspecified atom stereocenters. The third-order valence-electron chi connectivity index (χ3n) is 2.55. The maximum absolute atomic E-state index is 13.2. The highest BCUT2D eigenvalue weighted by Crippen LogP contribution is 2.27. The molecular formula is C10H11BrFNO. The van der Waals surface area contributed by atoms with Crippen molar-refractivity contribution in [3.63, 3.8) is 0 Å². The number of aliphatic hydroxyl groups excluding tert-OH is 1. The van der Waals surface area contributed by atoms with Crippen LogP contribution in [0.5, 0.6) is 0 Å². The molecule has 1 aliphatic rings. The van der Waals surface area contributed by atoms with Gasteiger partial charge in [-0.15, -0.1) is 0 Å². The van der Waals surface area contributed by atoms with E-state index in [4.69, 9.17) is 5.11 Å². The summed E-state index contributed by atoms with van der Waals surface area (Å²) in [5, 5.41) is 12.2. The number of benzene rings is 1. The summed E-state index contributed by atoms with van der Waals surface area (Å²) < 4.78 is 13.7. The van der Waals surface area contributed by atoms with Crippen LogP contribution in [0.4, 0.5) is 4.39 Å². The van der Waals surface area contributed by atoms with Crippen molar-refractivity contribution in [3.05, 3.63) is 33.5 Å². The van der Waals surface area contributed by atoms with Crippen LogP contribution in [0.3, 0.4) is 0 Å². The fraction of sp³-hybridized carbons (Fsp3) is 0.400. The zero-order chi connectivity index (χ0) is 10.1. The molecule has 14 heavy (non-hydrogen) atoms. The van der Waals surface area contributed by atoms with Crippen molar-refractivity contribution in [2.45, 2.75) is 19.0 Å². The number of hydrogen-bond acceptors (Lipinski definition) is 2. The zero-order valence-corrected chi connectivity index (χ0v) is 9.14. The summed E-state index contributed by atoms with van der Waals surface area (Å²) >= 11 is 3.24. The van der Waals surface area contributed by atoms with Gasteiger partial charge in [0.2, 0.25) is 0 Å². The maximum atomic E-state index is 13.2. The quantitative estimate of drug-likeness (QED) is 0.803. The van der Waals surface area contributed by atoms with E-state index in [1.54, 1.807) is 6.07 Å². The van der Waals surface area contributed by atoms with Crippen LogP contribution in [0.2, 0.25) is 0 Å². The molecule has 2 nitrogen and oxygen atoms in total. The first-order chi connectivity index (χ1) is 6.72. The number of hydrogen-bond donors (Lipinski definition) is 2. The zero-order valence-electron chi connectivity index (χ0n) is 7.56. The van der Waals surface area contributed by atoms with Crippen LogP contribution in [-0.2, 0) is 13.0 Å². The van der Waals surface area contributed by atoms with Crippen molar-refractivity contribution < 1.29 is 9.50 Å². The summed E-state index contributed by atoms with van der Waals surface area (Å²) in [6.45, 7) is 0.780. The largest absolute Gasteiger partial charge is 0.395 e. The molecule has 0 fully saturated rings. The molecule has 0 saturated carbocycles. The highest BCUT2D eigenvalue weighted by molar-refractivity contribution is 9.10. The van der Waals surface area contributed by atoms with Gasteiger partial charge in [0, 0.05) is 12.6 Å². The van der Waals surface area contributed by atoms with Gasteiger partial charge in [0.25, 0.3) is 0 Å². The molecule has 0 saturated heterocycles. The van der Waals surface area contributed by atoms with Gasteiger partial charge in [-0.1, -0.05) is 6.07 Å². The molecule has 0 radical (unpaired) electrons. The van der Waals surface area contributed by atoms with Gasteiger partial charge in [0.15, 0.2) is 0 Å². The lowest BCUT2D eigenvalue weighted by Gasteiger charge is -2.25. The minimum absolute atomic E-state index is 0.0422.